The molecular weight excluding hydrogens is 408 g/mol. The van der Waals surface area contributed by atoms with Crippen molar-refractivity contribution in [2.24, 2.45) is 0 Å². The Morgan fingerprint density at radius 2 is 0.706 bits per heavy atom. The summed E-state index contributed by atoms with van der Waals surface area (Å²) in [6.07, 6.45) is 0. The van der Waals surface area contributed by atoms with Crippen molar-refractivity contribution in [1.29, 1.82) is 0 Å². The molecule has 0 saturated heterocycles. The first-order valence-electron chi connectivity index (χ1n) is 12.3. The van der Waals surface area contributed by atoms with E-state index in [1.807, 2.05) is 0 Å². The minimum Gasteiger partial charge on any atom is -0.0622 e. The smallest absolute Gasteiger partial charge is 0.0125 e. The van der Waals surface area contributed by atoms with Crippen LogP contribution in [0.2, 0.25) is 0 Å². The van der Waals surface area contributed by atoms with E-state index in [0.717, 1.165) is 0 Å². The van der Waals surface area contributed by atoms with Gasteiger partial charge in [-0.25, -0.2) is 0 Å². The fraction of sp³-hybridized carbons (Fsp3) is 0.235. The quantitative estimate of drug-likeness (QED) is 0.239. The highest BCUT2D eigenvalue weighted by Crippen LogP contribution is 2.40. The summed E-state index contributed by atoms with van der Waals surface area (Å²) in [5, 5.41) is 5.21. The molecule has 34 heavy (non-hydrogen) atoms. The van der Waals surface area contributed by atoms with E-state index in [1.54, 1.807) is 0 Å². The second-order valence-corrected chi connectivity index (χ2v) is 11.6. The molecule has 5 aromatic rings. The van der Waals surface area contributed by atoms with Gasteiger partial charge in [0.2, 0.25) is 0 Å². The highest BCUT2D eigenvalue weighted by molar-refractivity contribution is 6.02. The second kappa shape index (κ2) is 8.13. The standard InChI is InChI=1S/C34H34/c1-33(2,3)31-21-27-18-28-22-32(34(4,5)6)30(24-15-11-8-12-16-24)20-26(28)17-25(27)19-29(31)23-13-9-7-10-14-23/h7-22H,1-6H3. The average Bonchev–Trinajstić information content (AvgIpc) is 2.81. The lowest BCUT2D eigenvalue weighted by Crippen LogP contribution is -2.13. The van der Waals surface area contributed by atoms with Crippen molar-refractivity contribution in [3.63, 3.8) is 0 Å². The Hall–Kier alpha value is -3.38. The fourth-order valence-corrected chi connectivity index (χ4v) is 5.06. The minimum absolute atomic E-state index is 0.0576. The number of hydrogen-bond donors (Lipinski definition) is 0. The Labute approximate surface area is 204 Å². The van der Waals surface area contributed by atoms with Crippen molar-refractivity contribution in [3.8, 4) is 22.3 Å². The molecular formula is C34H34. The molecule has 0 saturated carbocycles. The zero-order valence-electron chi connectivity index (χ0n) is 21.2. The third kappa shape index (κ3) is 4.14. The summed E-state index contributed by atoms with van der Waals surface area (Å²) in [6, 6.07) is 36.0. The molecule has 0 unspecified atom stereocenters. The summed E-state index contributed by atoms with van der Waals surface area (Å²) in [5.41, 5.74) is 8.11. The molecule has 0 spiro atoms. The molecule has 0 aliphatic carbocycles. The van der Waals surface area contributed by atoms with Gasteiger partial charge in [0.1, 0.15) is 0 Å². The maximum absolute atomic E-state index is 2.42. The average molecular weight is 443 g/mol. The van der Waals surface area contributed by atoms with Gasteiger partial charge in [0.05, 0.1) is 0 Å². The monoisotopic (exact) mass is 442 g/mol. The van der Waals surface area contributed by atoms with Crippen LogP contribution < -0.4 is 0 Å². The summed E-state index contributed by atoms with van der Waals surface area (Å²) >= 11 is 0. The van der Waals surface area contributed by atoms with Crippen LogP contribution in [0.4, 0.5) is 0 Å². The number of hydrogen-bond acceptors (Lipinski definition) is 0. The van der Waals surface area contributed by atoms with Gasteiger partial charge >= 0.3 is 0 Å². The van der Waals surface area contributed by atoms with Gasteiger partial charge in [0.15, 0.2) is 0 Å². The van der Waals surface area contributed by atoms with Gasteiger partial charge in [-0.1, -0.05) is 102 Å². The number of fused-ring (bicyclic) bond motifs is 2. The molecule has 5 aromatic carbocycles. The Kier molecular flexibility index (Phi) is 5.36. The van der Waals surface area contributed by atoms with E-state index in [0.29, 0.717) is 0 Å². The van der Waals surface area contributed by atoms with Crippen LogP contribution in [0.3, 0.4) is 0 Å². The highest BCUT2D eigenvalue weighted by atomic mass is 14.3. The molecule has 0 heterocycles. The molecule has 0 N–H and O–H groups in total. The summed E-state index contributed by atoms with van der Waals surface area (Å²) in [6.45, 7) is 13.9. The van der Waals surface area contributed by atoms with E-state index < -0.39 is 0 Å². The van der Waals surface area contributed by atoms with Crippen LogP contribution in [0.1, 0.15) is 52.7 Å². The van der Waals surface area contributed by atoms with Crippen LogP contribution in [0, 0.1) is 0 Å². The van der Waals surface area contributed by atoms with Gasteiger partial charge in [-0.05, 0) is 102 Å². The van der Waals surface area contributed by atoms with Crippen molar-refractivity contribution in [2.75, 3.05) is 0 Å². The molecule has 5 rings (SSSR count). The first-order chi connectivity index (χ1) is 16.1. The predicted octanol–water partition coefficient (Wildman–Crippen LogP) is 9.92. The molecule has 0 aliphatic heterocycles. The molecule has 0 bridgehead atoms. The molecule has 0 aliphatic rings. The molecule has 0 amide bonds. The first-order valence-corrected chi connectivity index (χ1v) is 12.3. The molecule has 0 aromatic heterocycles. The van der Waals surface area contributed by atoms with Crippen LogP contribution >= 0.6 is 0 Å². The minimum atomic E-state index is 0.0576. The number of rotatable bonds is 2. The highest BCUT2D eigenvalue weighted by Gasteiger charge is 2.22. The van der Waals surface area contributed by atoms with E-state index in [9.17, 15) is 0 Å². The molecule has 0 radical (unpaired) electrons. The van der Waals surface area contributed by atoms with Gasteiger partial charge in [-0.15, -0.1) is 0 Å². The van der Waals surface area contributed by atoms with Crippen LogP contribution in [0.5, 0.6) is 0 Å². The van der Waals surface area contributed by atoms with Gasteiger partial charge in [-0.2, -0.15) is 0 Å². The third-order valence-corrected chi connectivity index (χ3v) is 6.85. The normalized spacial score (nSPS) is 12.4. The van der Waals surface area contributed by atoms with Crippen LogP contribution in [0.25, 0.3) is 43.8 Å². The number of benzene rings is 5. The van der Waals surface area contributed by atoms with Gasteiger partial charge < -0.3 is 0 Å². The van der Waals surface area contributed by atoms with E-state index in [-0.39, 0.29) is 10.8 Å². The molecule has 0 fully saturated rings. The maximum atomic E-state index is 2.42. The lowest BCUT2D eigenvalue weighted by atomic mass is 9.79. The van der Waals surface area contributed by atoms with Crippen molar-refractivity contribution in [2.45, 2.75) is 52.4 Å². The maximum Gasteiger partial charge on any atom is -0.0125 e. The van der Waals surface area contributed by atoms with Crippen LogP contribution in [-0.2, 0) is 10.8 Å². The zero-order valence-corrected chi connectivity index (χ0v) is 21.2. The van der Waals surface area contributed by atoms with E-state index in [4.69, 9.17) is 0 Å². The Bertz CT molecular complexity index is 1360. The topological polar surface area (TPSA) is 0 Å². The van der Waals surface area contributed by atoms with Gasteiger partial charge in [-0.3, -0.25) is 0 Å². The molecule has 0 atom stereocenters. The van der Waals surface area contributed by atoms with Gasteiger partial charge in [0.25, 0.3) is 0 Å². The van der Waals surface area contributed by atoms with E-state index in [2.05, 4.69) is 139 Å². The van der Waals surface area contributed by atoms with Crippen molar-refractivity contribution in [1.82, 2.24) is 0 Å². The lowest BCUT2D eigenvalue weighted by Gasteiger charge is -2.25. The SMILES string of the molecule is CC(C)(C)c1cc2cc3cc(C(C)(C)C)c(-c4ccccc4)cc3cc2cc1-c1ccccc1. The second-order valence-electron chi connectivity index (χ2n) is 11.6. The zero-order chi connectivity index (χ0) is 24.1. The Morgan fingerprint density at radius 1 is 0.382 bits per heavy atom. The van der Waals surface area contributed by atoms with E-state index >= 15 is 0 Å². The van der Waals surface area contributed by atoms with Crippen molar-refractivity contribution >= 4 is 21.5 Å². The predicted molar refractivity (Wildman–Crippen MR) is 150 cm³/mol. The Balaban J connectivity index is 1.81. The van der Waals surface area contributed by atoms with Crippen LogP contribution in [-0.4, -0.2) is 0 Å². The van der Waals surface area contributed by atoms with Crippen LogP contribution in [0.15, 0.2) is 97.1 Å². The Morgan fingerprint density at radius 3 is 1.03 bits per heavy atom. The molecule has 170 valence electrons. The first kappa shape index (κ1) is 22.4. The largest absolute Gasteiger partial charge is 0.0622 e. The molecule has 0 nitrogen and oxygen atoms in total. The van der Waals surface area contributed by atoms with Gasteiger partial charge in [0, 0.05) is 0 Å². The fourth-order valence-electron chi connectivity index (χ4n) is 5.06. The van der Waals surface area contributed by atoms with Crippen molar-refractivity contribution < 1.29 is 0 Å². The summed E-state index contributed by atoms with van der Waals surface area (Å²) in [4.78, 5) is 0. The summed E-state index contributed by atoms with van der Waals surface area (Å²) < 4.78 is 0. The summed E-state index contributed by atoms with van der Waals surface area (Å²) in [5.74, 6) is 0. The third-order valence-electron chi connectivity index (χ3n) is 6.85. The van der Waals surface area contributed by atoms with Crippen molar-refractivity contribution in [3.05, 3.63) is 108 Å². The lowest BCUT2D eigenvalue weighted by molar-refractivity contribution is 0.592. The summed E-state index contributed by atoms with van der Waals surface area (Å²) in [7, 11) is 0. The molecule has 0 heteroatoms. The van der Waals surface area contributed by atoms with E-state index in [1.165, 1.54) is 54.9 Å².